The highest BCUT2D eigenvalue weighted by molar-refractivity contribution is 7.13. The molecule has 1 aliphatic heterocycles. The third-order valence-corrected chi connectivity index (χ3v) is 6.03. The van der Waals surface area contributed by atoms with E-state index in [0.29, 0.717) is 16.7 Å². The van der Waals surface area contributed by atoms with E-state index in [-0.39, 0.29) is 6.04 Å². The van der Waals surface area contributed by atoms with Crippen LogP contribution in [0.5, 0.6) is 0 Å². The minimum atomic E-state index is -0.908. The number of rotatable bonds is 2. The summed E-state index contributed by atoms with van der Waals surface area (Å²) < 4.78 is 0. The SMILES string of the molecule is O=C(O)c1cnc([C@@H]2Nc3ccc(Cl)cc3[C@@H]3CCC[C@@H]32)s1. The molecule has 114 valence electrons. The summed E-state index contributed by atoms with van der Waals surface area (Å²) in [5, 5.41) is 14.3. The van der Waals surface area contributed by atoms with Gasteiger partial charge in [0.05, 0.1) is 12.2 Å². The summed E-state index contributed by atoms with van der Waals surface area (Å²) in [6, 6.07) is 6.07. The van der Waals surface area contributed by atoms with Crippen LogP contribution in [0.25, 0.3) is 0 Å². The molecule has 1 aliphatic carbocycles. The molecule has 1 saturated carbocycles. The molecule has 1 fully saturated rings. The zero-order valence-electron chi connectivity index (χ0n) is 11.8. The fraction of sp³-hybridized carbons (Fsp3) is 0.375. The highest BCUT2D eigenvalue weighted by Crippen LogP contribution is 2.53. The zero-order chi connectivity index (χ0) is 15.3. The van der Waals surface area contributed by atoms with Gasteiger partial charge in [-0.3, -0.25) is 0 Å². The van der Waals surface area contributed by atoms with E-state index in [4.69, 9.17) is 16.7 Å². The molecule has 2 aromatic rings. The second-order valence-electron chi connectivity index (χ2n) is 5.92. The van der Waals surface area contributed by atoms with Crippen LogP contribution in [0.3, 0.4) is 0 Å². The standard InChI is InChI=1S/C16H15ClN2O2S/c17-8-4-5-12-11(6-8)9-2-1-3-10(9)14(19-12)15-18-7-13(22-15)16(20)21/h4-7,9-10,14,19H,1-3H2,(H,20,21)/t9-,10+,14-/m1/s1. The summed E-state index contributed by atoms with van der Waals surface area (Å²) in [6.45, 7) is 0. The Hall–Kier alpha value is -1.59. The number of nitrogens with one attached hydrogen (secondary N) is 1. The zero-order valence-corrected chi connectivity index (χ0v) is 13.3. The molecule has 0 unspecified atom stereocenters. The number of aromatic nitrogens is 1. The van der Waals surface area contributed by atoms with Gasteiger partial charge in [-0.05, 0) is 48.4 Å². The first-order valence-corrected chi connectivity index (χ1v) is 8.58. The number of carboxylic acid groups (broad SMARTS) is 1. The lowest BCUT2D eigenvalue weighted by Crippen LogP contribution is -2.28. The molecule has 2 heterocycles. The highest BCUT2D eigenvalue weighted by atomic mass is 35.5. The molecule has 1 aromatic carbocycles. The maximum Gasteiger partial charge on any atom is 0.347 e. The Balaban J connectivity index is 1.74. The molecule has 0 amide bonds. The van der Waals surface area contributed by atoms with Crippen molar-refractivity contribution in [3.05, 3.63) is 44.9 Å². The molecule has 4 rings (SSSR count). The van der Waals surface area contributed by atoms with Crippen molar-refractivity contribution >= 4 is 34.6 Å². The van der Waals surface area contributed by atoms with Crippen LogP contribution < -0.4 is 5.32 Å². The summed E-state index contributed by atoms with van der Waals surface area (Å²) >= 11 is 7.43. The molecular formula is C16H15ClN2O2S. The molecule has 0 spiro atoms. The number of fused-ring (bicyclic) bond motifs is 3. The molecule has 1 aromatic heterocycles. The van der Waals surface area contributed by atoms with Gasteiger partial charge in [0.25, 0.3) is 0 Å². The minimum Gasteiger partial charge on any atom is -0.477 e. The molecule has 22 heavy (non-hydrogen) atoms. The first kappa shape index (κ1) is 14.0. The summed E-state index contributed by atoms with van der Waals surface area (Å²) in [5.74, 6) is 0.0330. The normalized spacial score (nSPS) is 26.1. The van der Waals surface area contributed by atoms with Crippen LogP contribution in [0, 0.1) is 5.92 Å². The van der Waals surface area contributed by atoms with Crippen LogP contribution in [0.1, 0.15) is 51.5 Å². The third-order valence-electron chi connectivity index (χ3n) is 4.72. The van der Waals surface area contributed by atoms with Crippen molar-refractivity contribution in [2.24, 2.45) is 5.92 Å². The van der Waals surface area contributed by atoms with Crippen LogP contribution in [-0.2, 0) is 0 Å². The number of nitrogens with zero attached hydrogens (tertiary/aromatic N) is 1. The molecule has 0 bridgehead atoms. The van der Waals surface area contributed by atoms with Crippen LogP contribution in [0.2, 0.25) is 5.02 Å². The average molecular weight is 335 g/mol. The predicted molar refractivity (Wildman–Crippen MR) is 87.0 cm³/mol. The smallest absolute Gasteiger partial charge is 0.347 e. The van der Waals surface area contributed by atoms with Crippen molar-refractivity contribution in [1.29, 1.82) is 0 Å². The molecular weight excluding hydrogens is 320 g/mol. The summed E-state index contributed by atoms with van der Waals surface area (Å²) in [7, 11) is 0. The number of carboxylic acids is 1. The average Bonchev–Trinajstić information content (AvgIpc) is 3.16. The maximum absolute atomic E-state index is 11.1. The minimum absolute atomic E-state index is 0.0966. The molecule has 2 N–H and O–H groups in total. The first-order valence-electron chi connectivity index (χ1n) is 7.38. The lowest BCUT2D eigenvalue weighted by Gasteiger charge is -2.36. The van der Waals surface area contributed by atoms with Gasteiger partial charge in [0.1, 0.15) is 9.88 Å². The first-order chi connectivity index (χ1) is 10.6. The van der Waals surface area contributed by atoms with Gasteiger partial charge < -0.3 is 10.4 Å². The second kappa shape index (κ2) is 5.25. The van der Waals surface area contributed by atoms with E-state index in [0.717, 1.165) is 28.6 Å². The monoisotopic (exact) mass is 334 g/mol. The van der Waals surface area contributed by atoms with Crippen LogP contribution in [-0.4, -0.2) is 16.1 Å². The molecule has 3 atom stereocenters. The summed E-state index contributed by atoms with van der Waals surface area (Å²) in [4.78, 5) is 15.8. The van der Waals surface area contributed by atoms with Crippen LogP contribution in [0.15, 0.2) is 24.4 Å². The van der Waals surface area contributed by atoms with E-state index >= 15 is 0 Å². The van der Waals surface area contributed by atoms with Gasteiger partial charge >= 0.3 is 5.97 Å². The van der Waals surface area contributed by atoms with Crippen molar-refractivity contribution in [3.63, 3.8) is 0 Å². The molecule has 6 heteroatoms. The summed E-state index contributed by atoms with van der Waals surface area (Å²) in [5.41, 5.74) is 2.39. The molecule has 0 saturated heterocycles. The topological polar surface area (TPSA) is 62.2 Å². The quantitative estimate of drug-likeness (QED) is 0.846. The number of aromatic carboxylic acids is 1. The number of halogens is 1. The number of hydrogen-bond acceptors (Lipinski definition) is 4. The maximum atomic E-state index is 11.1. The lowest BCUT2D eigenvalue weighted by molar-refractivity contribution is 0.0702. The molecule has 2 aliphatic rings. The predicted octanol–water partition coefficient (Wildman–Crippen LogP) is 4.55. The Morgan fingerprint density at radius 2 is 2.27 bits per heavy atom. The van der Waals surface area contributed by atoms with Gasteiger partial charge in [0.15, 0.2) is 0 Å². The van der Waals surface area contributed by atoms with Crippen molar-refractivity contribution in [3.8, 4) is 0 Å². The Labute approximate surface area is 137 Å². The van der Waals surface area contributed by atoms with Crippen LogP contribution >= 0.6 is 22.9 Å². The Morgan fingerprint density at radius 3 is 3.05 bits per heavy atom. The van der Waals surface area contributed by atoms with E-state index in [9.17, 15) is 4.79 Å². The van der Waals surface area contributed by atoms with Crippen LogP contribution in [0.4, 0.5) is 5.69 Å². The number of thiazole rings is 1. The van der Waals surface area contributed by atoms with E-state index in [1.165, 1.54) is 29.5 Å². The Morgan fingerprint density at radius 1 is 1.41 bits per heavy atom. The van der Waals surface area contributed by atoms with Gasteiger partial charge in [-0.2, -0.15) is 0 Å². The van der Waals surface area contributed by atoms with Gasteiger partial charge in [-0.1, -0.05) is 18.0 Å². The van der Waals surface area contributed by atoms with E-state index in [1.807, 2.05) is 12.1 Å². The molecule has 0 radical (unpaired) electrons. The number of anilines is 1. The Bertz CT molecular complexity index is 745. The van der Waals surface area contributed by atoms with Crippen molar-refractivity contribution in [2.75, 3.05) is 5.32 Å². The second-order valence-corrected chi connectivity index (χ2v) is 7.42. The van der Waals surface area contributed by atoms with Gasteiger partial charge in [0.2, 0.25) is 0 Å². The fourth-order valence-electron chi connectivity index (χ4n) is 3.80. The van der Waals surface area contributed by atoms with E-state index in [2.05, 4.69) is 16.4 Å². The summed E-state index contributed by atoms with van der Waals surface area (Å²) in [6.07, 6.45) is 4.95. The lowest BCUT2D eigenvalue weighted by atomic mass is 9.80. The van der Waals surface area contributed by atoms with Gasteiger partial charge in [-0.25, -0.2) is 9.78 Å². The van der Waals surface area contributed by atoms with Gasteiger partial charge in [0, 0.05) is 10.7 Å². The fourth-order valence-corrected chi connectivity index (χ4v) is 4.86. The van der Waals surface area contributed by atoms with Crippen molar-refractivity contribution in [2.45, 2.75) is 31.2 Å². The van der Waals surface area contributed by atoms with Crippen molar-refractivity contribution < 1.29 is 9.90 Å². The largest absolute Gasteiger partial charge is 0.477 e. The molecule has 4 nitrogen and oxygen atoms in total. The number of hydrogen-bond donors (Lipinski definition) is 2. The number of benzene rings is 1. The number of carbonyl (C=O) groups is 1. The third kappa shape index (κ3) is 2.20. The Kier molecular flexibility index (Phi) is 3.35. The van der Waals surface area contributed by atoms with Crippen molar-refractivity contribution in [1.82, 2.24) is 4.98 Å². The van der Waals surface area contributed by atoms with E-state index < -0.39 is 5.97 Å². The highest BCUT2D eigenvalue weighted by Gasteiger charge is 2.41. The van der Waals surface area contributed by atoms with E-state index in [1.54, 1.807) is 0 Å². The van der Waals surface area contributed by atoms with Gasteiger partial charge in [-0.15, -0.1) is 11.3 Å².